The van der Waals surface area contributed by atoms with Crippen LogP contribution in [-0.2, 0) is 6.61 Å². The number of hydrogen-bond donors (Lipinski definition) is 0. The summed E-state index contributed by atoms with van der Waals surface area (Å²) in [7, 11) is 1.50. The molecule has 3 aromatic rings. The third kappa shape index (κ3) is 5.08. The van der Waals surface area contributed by atoms with E-state index in [0.717, 1.165) is 5.56 Å². The summed E-state index contributed by atoms with van der Waals surface area (Å²) in [5, 5.41) is 10.4. The van der Waals surface area contributed by atoms with Gasteiger partial charge in [-0.15, -0.1) is 0 Å². The van der Waals surface area contributed by atoms with Crippen molar-refractivity contribution in [2.24, 2.45) is 0 Å². The molecular weight excluding hydrogens is 412 g/mol. The molecule has 6 heteroatoms. The fraction of sp³-hybridized carbons (Fsp3) is 0.0870. The van der Waals surface area contributed by atoms with Gasteiger partial charge in [0, 0.05) is 10.6 Å². The number of halogens is 3. The molecule has 3 aromatic carbocycles. The van der Waals surface area contributed by atoms with Crippen molar-refractivity contribution in [3.05, 3.63) is 93.2 Å². The van der Waals surface area contributed by atoms with Crippen LogP contribution in [0.15, 0.2) is 60.7 Å². The van der Waals surface area contributed by atoms with Crippen LogP contribution in [0.2, 0.25) is 10.0 Å². The van der Waals surface area contributed by atoms with Crippen LogP contribution < -0.4 is 9.47 Å². The molecule has 0 amide bonds. The maximum atomic E-state index is 13.5. The minimum absolute atomic E-state index is 0.220. The largest absolute Gasteiger partial charge is 0.493 e. The summed E-state index contributed by atoms with van der Waals surface area (Å²) >= 11 is 12.6. The van der Waals surface area contributed by atoms with Crippen LogP contribution in [0.25, 0.3) is 11.6 Å². The van der Waals surface area contributed by atoms with E-state index in [0.29, 0.717) is 38.2 Å². The predicted molar refractivity (Wildman–Crippen MR) is 114 cm³/mol. The molecule has 0 radical (unpaired) electrons. The molecule has 0 spiro atoms. The zero-order valence-corrected chi connectivity index (χ0v) is 17.0. The van der Waals surface area contributed by atoms with Gasteiger partial charge in [0.05, 0.1) is 23.8 Å². The van der Waals surface area contributed by atoms with E-state index < -0.39 is 5.82 Å². The lowest BCUT2D eigenvalue weighted by atomic mass is 10.0. The number of ether oxygens (including phenoxy) is 2. The number of allylic oxidation sites excluding steroid dienone is 1. The molecule has 146 valence electrons. The van der Waals surface area contributed by atoms with Gasteiger partial charge in [-0.2, -0.15) is 5.26 Å². The van der Waals surface area contributed by atoms with E-state index in [2.05, 4.69) is 6.07 Å². The molecule has 0 aliphatic rings. The number of hydrogen-bond acceptors (Lipinski definition) is 3. The summed E-state index contributed by atoms with van der Waals surface area (Å²) in [6, 6.07) is 18.6. The van der Waals surface area contributed by atoms with Crippen molar-refractivity contribution >= 4 is 34.9 Å². The predicted octanol–water partition coefficient (Wildman–Crippen LogP) is 6.78. The molecule has 0 saturated heterocycles. The van der Waals surface area contributed by atoms with Crippen molar-refractivity contribution < 1.29 is 13.9 Å². The van der Waals surface area contributed by atoms with Crippen LogP contribution in [0, 0.1) is 17.1 Å². The third-order valence-electron chi connectivity index (χ3n) is 4.15. The molecule has 0 bridgehead atoms. The molecule has 0 heterocycles. The van der Waals surface area contributed by atoms with Crippen LogP contribution in [0.4, 0.5) is 4.39 Å². The molecule has 0 aliphatic heterocycles. The maximum Gasteiger partial charge on any atom is 0.180 e. The molecule has 0 aromatic heterocycles. The lowest BCUT2D eigenvalue weighted by Crippen LogP contribution is -1.99. The van der Waals surface area contributed by atoms with E-state index in [1.165, 1.54) is 19.2 Å². The summed E-state index contributed by atoms with van der Waals surface area (Å²) in [5.41, 5.74) is 2.21. The van der Waals surface area contributed by atoms with Crippen molar-refractivity contribution in [3.8, 4) is 17.6 Å². The first-order chi connectivity index (χ1) is 14.0. The number of nitrogens with zero attached hydrogens (tertiary/aromatic N) is 1. The van der Waals surface area contributed by atoms with Crippen LogP contribution in [0.1, 0.15) is 16.7 Å². The minimum Gasteiger partial charge on any atom is -0.493 e. The zero-order valence-electron chi connectivity index (χ0n) is 15.5. The van der Waals surface area contributed by atoms with Crippen molar-refractivity contribution in [2.45, 2.75) is 6.61 Å². The average Bonchev–Trinajstić information content (AvgIpc) is 2.72. The minimum atomic E-state index is -0.414. The zero-order chi connectivity index (χ0) is 20.8. The van der Waals surface area contributed by atoms with Gasteiger partial charge in [0.25, 0.3) is 0 Å². The van der Waals surface area contributed by atoms with Gasteiger partial charge in [-0.3, -0.25) is 0 Å². The van der Waals surface area contributed by atoms with Gasteiger partial charge in [-0.05, 0) is 47.5 Å². The monoisotopic (exact) mass is 427 g/mol. The maximum absolute atomic E-state index is 13.5. The SMILES string of the molecule is COc1cc(/C=C(/C#N)c2cccc(F)c2)cc(Cl)c1OCc1ccccc1Cl. The van der Waals surface area contributed by atoms with Crippen LogP contribution in [0.5, 0.6) is 11.5 Å². The molecule has 0 N–H and O–H groups in total. The van der Waals surface area contributed by atoms with E-state index >= 15 is 0 Å². The quantitative estimate of drug-likeness (QED) is 0.321. The van der Waals surface area contributed by atoms with Crippen molar-refractivity contribution in [3.63, 3.8) is 0 Å². The van der Waals surface area contributed by atoms with Gasteiger partial charge in [-0.1, -0.05) is 53.5 Å². The Morgan fingerprint density at radius 1 is 1.07 bits per heavy atom. The van der Waals surface area contributed by atoms with Crippen molar-refractivity contribution in [1.82, 2.24) is 0 Å². The topological polar surface area (TPSA) is 42.2 Å². The third-order valence-corrected chi connectivity index (χ3v) is 4.80. The first-order valence-electron chi connectivity index (χ1n) is 8.63. The summed E-state index contributed by atoms with van der Waals surface area (Å²) in [6.07, 6.45) is 1.61. The number of methoxy groups -OCH3 is 1. The van der Waals surface area contributed by atoms with Gasteiger partial charge in [0.2, 0.25) is 0 Å². The highest BCUT2D eigenvalue weighted by Crippen LogP contribution is 2.38. The molecule has 3 nitrogen and oxygen atoms in total. The second-order valence-corrected chi connectivity index (χ2v) is 6.91. The van der Waals surface area contributed by atoms with Crippen LogP contribution in [-0.4, -0.2) is 7.11 Å². The Hall–Kier alpha value is -3.00. The Kier molecular flexibility index (Phi) is 6.77. The molecule has 0 unspecified atom stereocenters. The van der Waals surface area contributed by atoms with E-state index in [1.54, 1.807) is 36.4 Å². The Morgan fingerprint density at radius 2 is 1.86 bits per heavy atom. The fourth-order valence-electron chi connectivity index (χ4n) is 2.73. The van der Waals surface area contributed by atoms with E-state index in [-0.39, 0.29) is 6.61 Å². The summed E-state index contributed by atoms with van der Waals surface area (Å²) < 4.78 is 24.7. The van der Waals surface area contributed by atoms with E-state index in [9.17, 15) is 9.65 Å². The molecule has 0 atom stereocenters. The standard InChI is InChI=1S/C23H16Cl2FNO2/c1-28-22-11-15(9-18(13-27)16-6-4-7-19(26)12-16)10-21(25)23(22)29-14-17-5-2-3-8-20(17)24/h2-12H,14H2,1H3/b18-9-. The van der Waals surface area contributed by atoms with E-state index in [1.807, 2.05) is 18.2 Å². The summed E-state index contributed by atoms with van der Waals surface area (Å²) in [6.45, 7) is 0.220. The Labute approximate surface area is 178 Å². The second kappa shape index (κ2) is 9.47. The van der Waals surface area contributed by atoms with E-state index in [4.69, 9.17) is 32.7 Å². The highest BCUT2D eigenvalue weighted by atomic mass is 35.5. The van der Waals surface area contributed by atoms with Gasteiger partial charge < -0.3 is 9.47 Å². The number of rotatable bonds is 6. The first-order valence-corrected chi connectivity index (χ1v) is 9.39. The van der Waals surface area contributed by atoms with Crippen molar-refractivity contribution in [1.29, 1.82) is 5.26 Å². The molecular formula is C23H16Cl2FNO2. The molecule has 0 fully saturated rings. The Balaban J connectivity index is 1.91. The fourth-order valence-corrected chi connectivity index (χ4v) is 3.20. The second-order valence-electron chi connectivity index (χ2n) is 6.09. The highest BCUT2D eigenvalue weighted by molar-refractivity contribution is 6.32. The van der Waals surface area contributed by atoms with Gasteiger partial charge in [0.1, 0.15) is 12.4 Å². The molecule has 0 saturated carbocycles. The normalized spacial score (nSPS) is 11.1. The highest BCUT2D eigenvalue weighted by Gasteiger charge is 2.13. The molecule has 0 aliphatic carbocycles. The van der Waals surface area contributed by atoms with Gasteiger partial charge in [-0.25, -0.2) is 4.39 Å². The molecule has 3 rings (SSSR count). The molecule has 29 heavy (non-hydrogen) atoms. The average molecular weight is 428 g/mol. The van der Waals surface area contributed by atoms with Crippen LogP contribution in [0.3, 0.4) is 0 Å². The Morgan fingerprint density at radius 3 is 2.55 bits per heavy atom. The lowest BCUT2D eigenvalue weighted by molar-refractivity contribution is 0.285. The lowest BCUT2D eigenvalue weighted by Gasteiger charge is -2.14. The summed E-state index contributed by atoms with van der Waals surface area (Å²) in [4.78, 5) is 0. The van der Waals surface area contributed by atoms with Gasteiger partial charge >= 0.3 is 0 Å². The Bertz CT molecular complexity index is 1110. The number of nitriles is 1. The smallest absolute Gasteiger partial charge is 0.180 e. The van der Waals surface area contributed by atoms with Gasteiger partial charge in [0.15, 0.2) is 11.5 Å². The van der Waals surface area contributed by atoms with Crippen LogP contribution >= 0.6 is 23.2 Å². The van der Waals surface area contributed by atoms with Crippen molar-refractivity contribution in [2.75, 3.05) is 7.11 Å². The summed E-state index contributed by atoms with van der Waals surface area (Å²) in [5.74, 6) is 0.366. The first kappa shape index (κ1) is 20.7. The number of benzene rings is 3.